The second-order valence-electron chi connectivity index (χ2n) is 1.13. The largest absolute Gasteiger partial charge is 0.297 e. The second kappa shape index (κ2) is 3.80. The average molecular weight is 193 g/mol. The fourth-order valence-corrected chi connectivity index (χ4v) is 0.885. The van der Waals surface area contributed by atoms with Crippen molar-refractivity contribution in [2.24, 2.45) is 0 Å². The molecule has 0 aromatic carbocycles. The van der Waals surface area contributed by atoms with Crippen LogP contribution >= 0.6 is 28.3 Å². The van der Waals surface area contributed by atoms with Crippen molar-refractivity contribution in [3.05, 3.63) is 22.4 Å². The first-order chi connectivity index (χ1) is 3.43. The Morgan fingerprint density at radius 3 is 2.62 bits per heavy atom. The van der Waals surface area contributed by atoms with Gasteiger partial charge in [0.05, 0.1) is 4.88 Å². The van der Waals surface area contributed by atoms with Crippen LogP contribution in [0.25, 0.3) is 0 Å². The van der Waals surface area contributed by atoms with Crippen LogP contribution in [0.1, 0.15) is 9.67 Å². The van der Waals surface area contributed by atoms with Crippen molar-refractivity contribution >= 4 is 34.6 Å². The second-order valence-corrected chi connectivity index (χ2v) is 2.11. The summed E-state index contributed by atoms with van der Waals surface area (Å²) in [5, 5.41) is 1.88. The van der Waals surface area contributed by atoms with Crippen molar-refractivity contribution < 1.29 is 4.79 Å². The summed E-state index contributed by atoms with van der Waals surface area (Å²) >= 11 is 1.45. The predicted octanol–water partition coefficient (Wildman–Crippen LogP) is 2.14. The van der Waals surface area contributed by atoms with Gasteiger partial charge in [0.25, 0.3) is 0 Å². The minimum absolute atomic E-state index is 0. The highest BCUT2D eigenvalue weighted by Gasteiger charge is 1.82. The summed E-state index contributed by atoms with van der Waals surface area (Å²) in [5.74, 6) is 0. The number of hydrogen-bond donors (Lipinski definition) is 0. The van der Waals surface area contributed by atoms with Gasteiger partial charge in [-0.25, -0.2) is 0 Å². The zero-order chi connectivity index (χ0) is 5.11. The van der Waals surface area contributed by atoms with Crippen molar-refractivity contribution in [2.75, 3.05) is 0 Å². The quantitative estimate of drug-likeness (QED) is 0.624. The molecule has 0 aliphatic rings. The molecule has 0 amide bonds. The van der Waals surface area contributed by atoms with E-state index < -0.39 is 0 Å². The fraction of sp³-hybridized carbons (Fsp3) is 0. The molecule has 0 spiro atoms. The van der Waals surface area contributed by atoms with Crippen LogP contribution in [0.3, 0.4) is 0 Å². The van der Waals surface area contributed by atoms with E-state index in [0.717, 1.165) is 11.2 Å². The minimum atomic E-state index is 0. The van der Waals surface area contributed by atoms with E-state index in [-0.39, 0.29) is 17.0 Å². The van der Waals surface area contributed by atoms with E-state index in [1.807, 2.05) is 11.4 Å². The number of aldehydes is 1. The SMILES string of the molecule is Br.O=Cc1cccs1. The lowest BCUT2D eigenvalue weighted by molar-refractivity contribution is 0.112. The van der Waals surface area contributed by atoms with Gasteiger partial charge in [-0.05, 0) is 11.4 Å². The Kier molecular flexibility index (Phi) is 3.73. The Balaban J connectivity index is 0.000000490. The summed E-state index contributed by atoms with van der Waals surface area (Å²) in [6.07, 6.45) is 0.852. The molecule has 3 heteroatoms. The van der Waals surface area contributed by atoms with Gasteiger partial charge in [0.1, 0.15) is 0 Å². The van der Waals surface area contributed by atoms with E-state index in [1.54, 1.807) is 6.07 Å². The minimum Gasteiger partial charge on any atom is -0.297 e. The molecule has 0 bridgehead atoms. The third-order valence-corrected chi connectivity index (χ3v) is 1.46. The molecule has 1 aromatic heterocycles. The fourth-order valence-electron chi connectivity index (χ4n) is 0.358. The van der Waals surface area contributed by atoms with Crippen LogP contribution in [-0.2, 0) is 0 Å². The highest BCUT2D eigenvalue weighted by atomic mass is 79.9. The van der Waals surface area contributed by atoms with Gasteiger partial charge in [-0.2, -0.15) is 0 Å². The average Bonchev–Trinajstić information content (AvgIpc) is 2.14. The van der Waals surface area contributed by atoms with Gasteiger partial charge < -0.3 is 0 Å². The normalized spacial score (nSPS) is 7.50. The highest BCUT2D eigenvalue weighted by molar-refractivity contribution is 8.93. The number of hydrogen-bond acceptors (Lipinski definition) is 2. The molecule has 0 saturated heterocycles. The number of thiophene rings is 1. The molecule has 0 saturated carbocycles. The maximum Gasteiger partial charge on any atom is 0.159 e. The van der Waals surface area contributed by atoms with Gasteiger partial charge in [0.2, 0.25) is 0 Å². The van der Waals surface area contributed by atoms with E-state index in [0.29, 0.717) is 0 Å². The zero-order valence-electron chi connectivity index (χ0n) is 4.03. The lowest BCUT2D eigenvalue weighted by Crippen LogP contribution is -1.61. The Labute approximate surface area is 62.1 Å². The Hall–Kier alpha value is -0.150. The first kappa shape index (κ1) is 7.85. The van der Waals surface area contributed by atoms with E-state index in [1.165, 1.54) is 11.3 Å². The molecule has 1 nitrogen and oxygen atoms in total. The Bertz CT molecular complexity index is 147. The van der Waals surface area contributed by atoms with Crippen LogP contribution in [0.15, 0.2) is 17.5 Å². The molecular weight excluding hydrogens is 188 g/mol. The summed E-state index contributed by atoms with van der Waals surface area (Å²) in [6, 6.07) is 3.64. The number of rotatable bonds is 1. The molecule has 0 aliphatic carbocycles. The molecular formula is C5H5BrOS. The van der Waals surface area contributed by atoms with E-state index in [9.17, 15) is 4.79 Å². The number of carbonyl (C=O) groups excluding carboxylic acids is 1. The van der Waals surface area contributed by atoms with Crippen LogP contribution in [0.5, 0.6) is 0 Å². The van der Waals surface area contributed by atoms with Gasteiger partial charge in [0, 0.05) is 0 Å². The van der Waals surface area contributed by atoms with Crippen molar-refractivity contribution in [1.82, 2.24) is 0 Å². The van der Waals surface area contributed by atoms with Gasteiger partial charge >= 0.3 is 0 Å². The third kappa shape index (κ3) is 1.76. The standard InChI is InChI=1S/C5H4OS.BrH/c6-4-5-2-1-3-7-5;/h1-4H;1H. The van der Waals surface area contributed by atoms with E-state index in [4.69, 9.17) is 0 Å². The van der Waals surface area contributed by atoms with Gasteiger partial charge in [0.15, 0.2) is 6.29 Å². The molecule has 1 aromatic rings. The molecule has 0 unspecified atom stereocenters. The molecule has 1 heterocycles. The summed E-state index contributed by atoms with van der Waals surface area (Å²) in [4.78, 5) is 10.7. The van der Waals surface area contributed by atoms with Crippen molar-refractivity contribution in [3.63, 3.8) is 0 Å². The smallest absolute Gasteiger partial charge is 0.159 e. The van der Waals surface area contributed by atoms with Crippen LogP contribution in [-0.4, -0.2) is 6.29 Å². The molecule has 0 radical (unpaired) electrons. The number of halogens is 1. The molecule has 0 N–H and O–H groups in total. The monoisotopic (exact) mass is 192 g/mol. The summed E-state index contributed by atoms with van der Waals surface area (Å²) in [5.41, 5.74) is 0. The van der Waals surface area contributed by atoms with Crippen LogP contribution < -0.4 is 0 Å². The topological polar surface area (TPSA) is 17.1 Å². The predicted molar refractivity (Wildman–Crippen MR) is 40.0 cm³/mol. The highest BCUT2D eigenvalue weighted by Crippen LogP contribution is 2.02. The maximum absolute atomic E-state index is 9.88. The molecule has 1 rings (SSSR count). The van der Waals surface area contributed by atoms with Gasteiger partial charge in [-0.15, -0.1) is 28.3 Å². The van der Waals surface area contributed by atoms with E-state index >= 15 is 0 Å². The molecule has 0 aliphatic heterocycles. The van der Waals surface area contributed by atoms with Crippen molar-refractivity contribution in [1.29, 1.82) is 0 Å². The van der Waals surface area contributed by atoms with Crippen molar-refractivity contribution in [3.8, 4) is 0 Å². The van der Waals surface area contributed by atoms with Crippen molar-refractivity contribution in [2.45, 2.75) is 0 Å². The number of carbonyl (C=O) groups is 1. The molecule has 0 fully saturated rings. The third-order valence-electron chi connectivity index (χ3n) is 0.659. The molecule has 8 heavy (non-hydrogen) atoms. The van der Waals surface area contributed by atoms with Gasteiger partial charge in [-0.1, -0.05) is 6.07 Å². The molecule has 0 atom stereocenters. The first-order valence-corrected chi connectivity index (χ1v) is 2.80. The zero-order valence-corrected chi connectivity index (χ0v) is 6.56. The maximum atomic E-state index is 9.88. The van der Waals surface area contributed by atoms with Crippen LogP contribution in [0, 0.1) is 0 Å². The van der Waals surface area contributed by atoms with E-state index in [2.05, 4.69) is 0 Å². The summed E-state index contributed by atoms with van der Waals surface area (Å²) in [7, 11) is 0. The van der Waals surface area contributed by atoms with Crippen LogP contribution in [0.2, 0.25) is 0 Å². The first-order valence-electron chi connectivity index (χ1n) is 1.92. The lowest BCUT2D eigenvalue weighted by Gasteiger charge is -1.66. The summed E-state index contributed by atoms with van der Waals surface area (Å²) < 4.78 is 0. The van der Waals surface area contributed by atoms with Crippen LogP contribution in [0.4, 0.5) is 0 Å². The van der Waals surface area contributed by atoms with Gasteiger partial charge in [-0.3, -0.25) is 4.79 Å². The summed E-state index contributed by atoms with van der Waals surface area (Å²) in [6.45, 7) is 0. The Morgan fingerprint density at radius 2 is 2.38 bits per heavy atom. The lowest BCUT2D eigenvalue weighted by atomic mass is 10.5. The Morgan fingerprint density at radius 1 is 1.62 bits per heavy atom. The molecule has 44 valence electrons.